The highest BCUT2D eigenvalue weighted by molar-refractivity contribution is 6.30. The lowest BCUT2D eigenvalue weighted by atomic mass is 10.2. The van der Waals surface area contributed by atoms with Crippen molar-refractivity contribution < 1.29 is 4.79 Å². The topological polar surface area (TPSA) is 60.9 Å². The molecule has 5 heteroatoms. The molecule has 0 fully saturated rings. The van der Waals surface area contributed by atoms with Gasteiger partial charge in [0.15, 0.2) is 0 Å². The molecule has 12 heavy (non-hydrogen) atoms. The summed E-state index contributed by atoms with van der Waals surface area (Å²) in [6, 6.07) is 0. The molecule has 0 bridgehead atoms. The van der Waals surface area contributed by atoms with E-state index in [4.69, 9.17) is 17.3 Å². The lowest BCUT2D eigenvalue weighted by Crippen LogP contribution is -2.17. The molecule has 1 atom stereocenters. The standard InChI is InChI=1S/C7H10ClN3O/c1-4-5(3-10-11(4)2)6(8)7(9)12/h3,6H,1-2H3,(H2,9,12). The van der Waals surface area contributed by atoms with Crippen molar-refractivity contribution in [2.24, 2.45) is 12.8 Å². The quantitative estimate of drug-likeness (QED) is 0.686. The average molecular weight is 188 g/mol. The Balaban J connectivity index is 3.03. The van der Waals surface area contributed by atoms with Crippen LogP contribution in [0.15, 0.2) is 6.20 Å². The smallest absolute Gasteiger partial charge is 0.240 e. The number of amides is 1. The van der Waals surface area contributed by atoms with E-state index in [1.54, 1.807) is 17.9 Å². The van der Waals surface area contributed by atoms with Crippen molar-refractivity contribution in [2.45, 2.75) is 12.3 Å². The van der Waals surface area contributed by atoms with Crippen molar-refractivity contribution in [3.05, 3.63) is 17.5 Å². The number of hydrogen-bond donors (Lipinski definition) is 1. The molecule has 0 aliphatic rings. The van der Waals surface area contributed by atoms with Crippen molar-refractivity contribution >= 4 is 17.5 Å². The summed E-state index contributed by atoms with van der Waals surface area (Å²) in [6.45, 7) is 1.83. The van der Waals surface area contributed by atoms with Crippen LogP contribution < -0.4 is 5.73 Å². The second-order valence-electron chi connectivity index (χ2n) is 2.57. The van der Waals surface area contributed by atoms with E-state index in [1.165, 1.54) is 0 Å². The fourth-order valence-corrected chi connectivity index (χ4v) is 1.13. The number of alkyl halides is 1. The lowest BCUT2D eigenvalue weighted by Gasteiger charge is -2.03. The van der Waals surface area contributed by atoms with Crippen LogP contribution in [0.3, 0.4) is 0 Å². The molecule has 1 aromatic rings. The molecule has 0 aliphatic heterocycles. The number of carbonyl (C=O) groups is 1. The predicted octanol–water partition coefficient (Wildman–Crippen LogP) is 0.494. The van der Waals surface area contributed by atoms with Gasteiger partial charge in [0.2, 0.25) is 5.91 Å². The minimum absolute atomic E-state index is 0.548. The third-order valence-electron chi connectivity index (χ3n) is 1.80. The van der Waals surface area contributed by atoms with E-state index in [9.17, 15) is 4.79 Å². The molecule has 1 heterocycles. The maximum Gasteiger partial charge on any atom is 0.240 e. The van der Waals surface area contributed by atoms with Crippen molar-refractivity contribution in [1.29, 1.82) is 0 Å². The number of halogens is 1. The van der Waals surface area contributed by atoms with Gasteiger partial charge in [0.25, 0.3) is 0 Å². The summed E-state index contributed by atoms with van der Waals surface area (Å²) < 4.78 is 1.65. The third kappa shape index (κ3) is 1.43. The number of nitrogens with zero attached hydrogens (tertiary/aromatic N) is 2. The van der Waals surface area contributed by atoms with Gasteiger partial charge in [-0.15, -0.1) is 11.6 Å². The van der Waals surface area contributed by atoms with Gasteiger partial charge in [0.1, 0.15) is 5.38 Å². The maximum absolute atomic E-state index is 10.7. The zero-order chi connectivity index (χ0) is 9.30. The van der Waals surface area contributed by atoms with E-state index in [1.807, 2.05) is 6.92 Å². The number of aromatic nitrogens is 2. The molecule has 1 rings (SSSR count). The van der Waals surface area contributed by atoms with Crippen LogP contribution in [0.25, 0.3) is 0 Å². The molecule has 1 unspecified atom stereocenters. The molecular weight excluding hydrogens is 178 g/mol. The number of hydrogen-bond acceptors (Lipinski definition) is 2. The summed E-state index contributed by atoms with van der Waals surface area (Å²) in [5, 5.41) is 3.17. The highest BCUT2D eigenvalue weighted by Crippen LogP contribution is 2.22. The molecule has 66 valence electrons. The lowest BCUT2D eigenvalue weighted by molar-refractivity contribution is -0.117. The normalized spacial score (nSPS) is 12.9. The molecule has 0 aromatic carbocycles. The molecule has 0 spiro atoms. The maximum atomic E-state index is 10.7. The number of carbonyl (C=O) groups excluding carboxylic acids is 1. The van der Waals surface area contributed by atoms with E-state index in [0.29, 0.717) is 5.56 Å². The van der Waals surface area contributed by atoms with Gasteiger partial charge in [-0.25, -0.2) is 0 Å². The van der Waals surface area contributed by atoms with E-state index < -0.39 is 11.3 Å². The van der Waals surface area contributed by atoms with Crippen LogP contribution in [-0.4, -0.2) is 15.7 Å². The Kier molecular flexibility index (Phi) is 2.38. The highest BCUT2D eigenvalue weighted by atomic mass is 35.5. The number of rotatable bonds is 2. The summed E-state index contributed by atoms with van der Waals surface area (Å²) in [5.74, 6) is -0.548. The molecule has 0 radical (unpaired) electrons. The minimum Gasteiger partial charge on any atom is -0.368 e. The molecule has 0 aliphatic carbocycles. The van der Waals surface area contributed by atoms with Gasteiger partial charge < -0.3 is 5.73 Å². The first-order chi connectivity index (χ1) is 5.54. The number of nitrogens with two attached hydrogens (primary N) is 1. The molecule has 2 N–H and O–H groups in total. The van der Waals surface area contributed by atoms with E-state index in [2.05, 4.69) is 5.10 Å². The van der Waals surface area contributed by atoms with Crippen LogP contribution in [0.5, 0.6) is 0 Å². The Morgan fingerprint density at radius 3 is 2.75 bits per heavy atom. The molecule has 0 saturated heterocycles. The van der Waals surface area contributed by atoms with Crippen LogP contribution in [0.4, 0.5) is 0 Å². The van der Waals surface area contributed by atoms with Crippen molar-refractivity contribution in [3.8, 4) is 0 Å². The van der Waals surface area contributed by atoms with Gasteiger partial charge >= 0.3 is 0 Å². The van der Waals surface area contributed by atoms with Gasteiger partial charge in [0.05, 0.1) is 6.20 Å². The molecule has 4 nitrogen and oxygen atoms in total. The Bertz CT molecular complexity index is 308. The van der Waals surface area contributed by atoms with Crippen LogP contribution in [0.2, 0.25) is 0 Å². The second kappa shape index (κ2) is 3.15. The fourth-order valence-electron chi connectivity index (χ4n) is 0.918. The molecule has 1 amide bonds. The fraction of sp³-hybridized carbons (Fsp3) is 0.429. The summed E-state index contributed by atoms with van der Waals surface area (Å²) >= 11 is 5.73. The number of aryl methyl sites for hydroxylation is 1. The first-order valence-corrected chi connectivity index (χ1v) is 3.89. The first-order valence-electron chi connectivity index (χ1n) is 3.46. The Labute approximate surface area is 75.3 Å². The Morgan fingerprint density at radius 2 is 2.42 bits per heavy atom. The van der Waals surface area contributed by atoms with Gasteiger partial charge in [-0.3, -0.25) is 9.48 Å². The Hall–Kier alpha value is -1.03. The summed E-state index contributed by atoms with van der Waals surface area (Å²) in [7, 11) is 1.78. The van der Waals surface area contributed by atoms with Crippen molar-refractivity contribution in [3.63, 3.8) is 0 Å². The van der Waals surface area contributed by atoms with Crippen LogP contribution in [0, 0.1) is 6.92 Å². The largest absolute Gasteiger partial charge is 0.368 e. The Morgan fingerprint density at radius 1 is 1.83 bits per heavy atom. The third-order valence-corrected chi connectivity index (χ3v) is 2.25. The van der Waals surface area contributed by atoms with E-state index >= 15 is 0 Å². The second-order valence-corrected chi connectivity index (χ2v) is 3.01. The van der Waals surface area contributed by atoms with Crippen molar-refractivity contribution in [2.75, 3.05) is 0 Å². The SMILES string of the molecule is Cc1c(C(Cl)C(N)=O)cnn1C. The van der Waals surface area contributed by atoms with Gasteiger partial charge in [-0.05, 0) is 6.92 Å². The monoisotopic (exact) mass is 187 g/mol. The van der Waals surface area contributed by atoms with Gasteiger partial charge in [0, 0.05) is 18.3 Å². The average Bonchev–Trinajstić information content (AvgIpc) is 2.32. The van der Waals surface area contributed by atoms with Crippen LogP contribution >= 0.6 is 11.6 Å². The summed E-state index contributed by atoms with van der Waals surface area (Å²) in [4.78, 5) is 10.7. The summed E-state index contributed by atoms with van der Waals surface area (Å²) in [5.41, 5.74) is 6.57. The minimum atomic E-state index is -0.779. The van der Waals surface area contributed by atoms with Crippen LogP contribution in [0.1, 0.15) is 16.6 Å². The van der Waals surface area contributed by atoms with E-state index in [-0.39, 0.29) is 0 Å². The first kappa shape index (κ1) is 9.06. The zero-order valence-corrected chi connectivity index (χ0v) is 7.67. The van der Waals surface area contributed by atoms with Gasteiger partial charge in [-0.2, -0.15) is 5.10 Å². The highest BCUT2D eigenvalue weighted by Gasteiger charge is 2.18. The summed E-state index contributed by atoms with van der Waals surface area (Å²) in [6.07, 6.45) is 1.55. The van der Waals surface area contributed by atoms with Crippen molar-refractivity contribution in [1.82, 2.24) is 9.78 Å². The number of primary amides is 1. The molecule has 1 aromatic heterocycles. The molecular formula is C7H10ClN3O. The van der Waals surface area contributed by atoms with Gasteiger partial charge in [-0.1, -0.05) is 0 Å². The zero-order valence-electron chi connectivity index (χ0n) is 6.91. The van der Waals surface area contributed by atoms with E-state index in [0.717, 1.165) is 5.69 Å². The predicted molar refractivity (Wildman–Crippen MR) is 45.7 cm³/mol. The van der Waals surface area contributed by atoms with Crippen LogP contribution in [-0.2, 0) is 11.8 Å². The molecule has 0 saturated carbocycles.